The molecule has 1 nitrogen and oxygen atoms in total. The Morgan fingerprint density at radius 3 is 1.86 bits per heavy atom. The monoisotopic (exact) mass is 138 g/mol. The maximum absolute atomic E-state index is 3.26. The number of hydrogen-bond donors (Lipinski definition) is 1. The van der Waals surface area contributed by atoms with Gasteiger partial charge in [0.1, 0.15) is 0 Å². The van der Waals surface area contributed by atoms with E-state index in [0.29, 0.717) is 0 Å². The van der Waals surface area contributed by atoms with Gasteiger partial charge in [0, 0.05) is 24.6 Å². The SMILES string of the molecule is C1CSCCN1.[Cl-]. The standard InChI is InChI=1S/C4H9NS.ClH/c1-3-6-4-2-5-1;/h5H,1-4H2;1H/p-1. The molecule has 1 rings (SSSR count). The first kappa shape index (κ1) is 7.60. The van der Waals surface area contributed by atoms with Crippen LogP contribution >= 0.6 is 11.8 Å². The molecule has 1 fully saturated rings. The van der Waals surface area contributed by atoms with E-state index in [4.69, 9.17) is 0 Å². The molecule has 3 heteroatoms. The van der Waals surface area contributed by atoms with E-state index < -0.39 is 0 Å². The average molecular weight is 139 g/mol. The second-order valence-corrected chi connectivity index (χ2v) is 2.59. The average Bonchev–Trinajstić information content (AvgIpc) is 1.72. The van der Waals surface area contributed by atoms with Gasteiger partial charge in [0.25, 0.3) is 0 Å². The molecular weight excluding hydrogens is 130 g/mol. The smallest absolute Gasteiger partial charge is 0.00585 e. The lowest BCUT2D eigenvalue weighted by atomic mass is 10.6. The van der Waals surface area contributed by atoms with Crippen LogP contribution in [0.1, 0.15) is 0 Å². The fourth-order valence-electron chi connectivity index (χ4n) is 0.516. The second-order valence-electron chi connectivity index (χ2n) is 1.36. The molecule has 0 aromatic heterocycles. The molecule has 0 aliphatic carbocycles. The van der Waals surface area contributed by atoms with Crippen molar-refractivity contribution in [2.45, 2.75) is 0 Å². The number of nitrogens with one attached hydrogen (secondary N) is 1. The zero-order chi connectivity index (χ0) is 4.24. The minimum Gasteiger partial charge on any atom is -1.00 e. The molecule has 7 heavy (non-hydrogen) atoms. The van der Waals surface area contributed by atoms with E-state index in [1.54, 1.807) is 0 Å². The van der Waals surface area contributed by atoms with Gasteiger partial charge < -0.3 is 17.7 Å². The van der Waals surface area contributed by atoms with E-state index in [1.807, 2.05) is 11.8 Å². The number of halogens is 1. The third-order valence-corrected chi connectivity index (χ3v) is 1.83. The van der Waals surface area contributed by atoms with Gasteiger partial charge in [0.15, 0.2) is 0 Å². The van der Waals surface area contributed by atoms with Crippen LogP contribution < -0.4 is 17.7 Å². The van der Waals surface area contributed by atoms with Crippen molar-refractivity contribution in [2.75, 3.05) is 24.6 Å². The van der Waals surface area contributed by atoms with E-state index in [2.05, 4.69) is 5.32 Å². The van der Waals surface area contributed by atoms with Crippen LogP contribution in [0.4, 0.5) is 0 Å². The van der Waals surface area contributed by atoms with Gasteiger partial charge in [-0.15, -0.1) is 0 Å². The summed E-state index contributed by atoms with van der Waals surface area (Å²) in [4.78, 5) is 0. The van der Waals surface area contributed by atoms with Gasteiger partial charge in [0.05, 0.1) is 0 Å². The first-order chi connectivity index (χ1) is 3.00. The van der Waals surface area contributed by atoms with Gasteiger partial charge in [-0.05, 0) is 0 Å². The summed E-state index contributed by atoms with van der Waals surface area (Å²) < 4.78 is 0. The van der Waals surface area contributed by atoms with Crippen LogP contribution in [-0.2, 0) is 0 Å². The maximum Gasteiger partial charge on any atom is 0.00585 e. The van der Waals surface area contributed by atoms with Crippen LogP contribution in [-0.4, -0.2) is 24.6 Å². The highest BCUT2D eigenvalue weighted by atomic mass is 35.5. The molecule has 0 spiro atoms. The van der Waals surface area contributed by atoms with Crippen LogP contribution in [0, 0.1) is 0 Å². The number of hydrogen-bond acceptors (Lipinski definition) is 2. The zero-order valence-electron chi connectivity index (χ0n) is 4.11. The van der Waals surface area contributed by atoms with E-state index in [1.165, 1.54) is 24.6 Å². The first-order valence-electron chi connectivity index (χ1n) is 2.28. The Morgan fingerprint density at radius 1 is 1.14 bits per heavy atom. The van der Waals surface area contributed by atoms with Crippen LogP contribution in [0.25, 0.3) is 0 Å². The number of thioether (sulfide) groups is 1. The van der Waals surface area contributed by atoms with E-state index in [-0.39, 0.29) is 12.4 Å². The van der Waals surface area contributed by atoms with Crippen LogP contribution in [0.15, 0.2) is 0 Å². The summed E-state index contributed by atoms with van der Waals surface area (Å²) in [6.45, 7) is 2.43. The Hall–Kier alpha value is 0.600. The summed E-state index contributed by atoms with van der Waals surface area (Å²) in [6, 6.07) is 0. The number of rotatable bonds is 0. The zero-order valence-corrected chi connectivity index (χ0v) is 5.69. The highest BCUT2D eigenvalue weighted by Crippen LogP contribution is 1.99. The summed E-state index contributed by atoms with van der Waals surface area (Å²) >= 11 is 2.03. The molecule has 1 saturated heterocycles. The van der Waals surface area contributed by atoms with Gasteiger partial charge in [0.2, 0.25) is 0 Å². The van der Waals surface area contributed by atoms with Crippen LogP contribution in [0.3, 0.4) is 0 Å². The Labute approximate surface area is 54.7 Å². The molecule has 1 aliphatic heterocycles. The van der Waals surface area contributed by atoms with Crippen molar-refractivity contribution < 1.29 is 12.4 Å². The summed E-state index contributed by atoms with van der Waals surface area (Å²) in [5.74, 6) is 2.61. The minimum absolute atomic E-state index is 0. The lowest BCUT2D eigenvalue weighted by Gasteiger charge is -2.08. The molecule has 0 radical (unpaired) electrons. The molecule has 0 bridgehead atoms. The second kappa shape index (κ2) is 4.75. The van der Waals surface area contributed by atoms with Gasteiger partial charge in [-0.2, -0.15) is 11.8 Å². The minimum atomic E-state index is 0. The predicted molar refractivity (Wildman–Crippen MR) is 30.2 cm³/mol. The van der Waals surface area contributed by atoms with E-state index in [9.17, 15) is 0 Å². The Kier molecular flexibility index (Phi) is 5.16. The molecule has 44 valence electrons. The molecule has 0 atom stereocenters. The third-order valence-electron chi connectivity index (χ3n) is 0.846. The van der Waals surface area contributed by atoms with Gasteiger partial charge >= 0.3 is 0 Å². The lowest BCUT2D eigenvalue weighted by molar-refractivity contribution is -0.00000125. The van der Waals surface area contributed by atoms with Gasteiger partial charge in [-0.1, -0.05) is 0 Å². The molecule has 0 aromatic carbocycles. The fourth-order valence-corrected chi connectivity index (χ4v) is 1.30. The highest BCUT2D eigenvalue weighted by Gasteiger charge is 1.93. The largest absolute Gasteiger partial charge is 1.00 e. The normalized spacial score (nSPS) is 20.6. The third kappa shape index (κ3) is 3.21. The summed E-state index contributed by atoms with van der Waals surface area (Å²) in [5.41, 5.74) is 0. The Balaban J connectivity index is 0.000000360. The molecule has 0 saturated carbocycles. The van der Waals surface area contributed by atoms with E-state index in [0.717, 1.165) is 0 Å². The van der Waals surface area contributed by atoms with Gasteiger partial charge in [-0.25, -0.2) is 0 Å². The van der Waals surface area contributed by atoms with Crippen molar-refractivity contribution >= 4 is 11.8 Å². The molecule has 0 amide bonds. The van der Waals surface area contributed by atoms with Crippen molar-refractivity contribution in [2.24, 2.45) is 0 Å². The molecule has 1 heterocycles. The maximum atomic E-state index is 3.26. The topological polar surface area (TPSA) is 12.0 Å². The van der Waals surface area contributed by atoms with Crippen molar-refractivity contribution in [3.63, 3.8) is 0 Å². The van der Waals surface area contributed by atoms with Crippen molar-refractivity contribution in [3.8, 4) is 0 Å². The highest BCUT2D eigenvalue weighted by molar-refractivity contribution is 7.99. The molecule has 1 aliphatic rings. The fraction of sp³-hybridized carbons (Fsp3) is 1.00. The summed E-state index contributed by atoms with van der Waals surface area (Å²) in [5, 5.41) is 3.26. The lowest BCUT2D eigenvalue weighted by Crippen LogP contribution is -3.00. The molecular formula is C4H9ClNS-. The molecule has 0 aromatic rings. The summed E-state index contributed by atoms with van der Waals surface area (Å²) in [6.07, 6.45) is 0. The van der Waals surface area contributed by atoms with Crippen molar-refractivity contribution in [1.82, 2.24) is 5.32 Å². The van der Waals surface area contributed by atoms with Crippen molar-refractivity contribution in [1.29, 1.82) is 0 Å². The van der Waals surface area contributed by atoms with Crippen LogP contribution in [0.5, 0.6) is 0 Å². The quantitative estimate of drug-likeness (QED) is 0.392. The summed E-state index contributed by atoms with van der Waals surface area (Å²) in [7, 11) is 0. The van der Waals surface area contributed by atoms with Gasteiger partial charge in [-0.3, -0.25) is 0 Å². The van der Waals surface area contributed by atoms with E-state index >= 15 is 0 Å². The van der Waals surface area contributed by atoms with Crippen molar-refractivity contribution in [3.05, 3.63) is 0 Å². The predicted octanol–water partition coefficient (Wildman–Crippen LogP) is -2.67. The Morgan fingerprint density at radius 2 is 1.71 bits per heavy atom. The first-order valence-corrected chi connectivity index (χ1v) is 3.44. The molecule has 0 unspecified atom stereocenters. The Bertz CT molecular complexity index is 27.2. The molecule has 1 N–H and O–H groups in total. The van der Waals surface area contributed by atoms with Crippen LogP contribution in [0.2, 0.25) is 0 Å².